The Morgan fingerprint density at radius 1 is 1.67 bits per heavy atom. The van der Waals surface area contributed by atoms with E-state index in [1.165, 1.54) is 18.9 Å². The van der Waals surface area contributed by atoms with Crippen molar-refractivity contribution in [2.45, 2.75) is 12.2 Å². The molecule has 1 N–H and O–H groups in total. The molecule has 0 spiro atoms. The summed E-state index contributed by atoms with van der Waals surface area (Å²) in [5, 5.41) is 11.4. The first kappa shape index (κ1) is 14.7. The summed E-state index contributed by atoms with van der Waals surface area (Å²) in [6.07, 6.45) is 0. The van der Waals surface area contributed by atoms with Crippen LogP contribution >= 0.6 is 23.4 Å². The highest BCUT2D eigenvalue weighted by molar-refractivity contribution is 8.00. The maximum Gasteiger partial charge on any atom is 0.237 e. The second-order valence-corrected chi connectivity index (χ2v) is 5.21. The number of ether oxygens (including phenoxy) is 1. The SMILES string of the molecule is COc1ccc(Cl)cc1NC(=O)C(C)SCC#N. The first-order chi connectivity index (χ1) is 8.58. The van der Waals surface area contributed by atoms with Crippen LogP contribution in [0, 0.1) is 11.3 Å². The summed E-state index contributed by atoms with van der Waals surface area (Å²) < 4.78 is 5.13. The number of anilines is 1. The predicted octanol–water partition coefficient (Wildman–Crippen LogP) is 2.93. The topological polar surface area (TPSA) is 62.1 Å². The Bertz CT molecular complexity index is 474. The van der Waals surface area contributed by atoms with E-state index in [9.17, 15) is 4.79 Å². The molecule has 0 aliphatic heterocycles. The van der Waals surface area contributed by atoms with Crippen LogP contribution in [0.3, 0.4) is 0 Å². The molecule has 0 saturated carbocycles. The van der Waals surface area contributed by atoms with Crippen molar-refractivity contribution in [2.24, 2.45) is 0 Å². The van der Waals surface area contributed by atoms with E-state index in [1.54, 1.807) is 25.1 Å². The monoisotopic (exact) mass is 284 g/mol. The molecular weight excluding hydrogens is 272 g/mol. The van der Waals surface area contributed by atoms with Crippen LogP contribution in [0.1, 0.15) is 6.92 Å². The van der Waals surface area contributed by atoms with Gasteiger partial charge in [0.2, 0.25) is 5.91 Å². The molecule has 1 aromatic rings. The molecule has 6 heteroatoms. The van der Waals surface area contributed by atoms with Crippen molar-refractivity contribution in [3.8, 4) is 11.8 Å². The van der Waals surface area contributed by atoms with Gasteiger partial charge in [-0.3, -0.25) is 4.79 Å². The van der Waals surface area contributed by atoms with Crippen molar-refractivity contribution in [1.29, 1.82) is 5.26 Å². The number of hydrogen-bond acceptors (Lipinski definition) is 4. The molecule has 1 atom stereocenters. The number of nitriles is 1. The molecule has 0 radical (unpaired) electrons. The van der Waals surface area contributed by atoms with Crippen molar-refractivity contribution in [2.75, 3.05) is 18.2 Å². The minimum absolute atomic E-state index is 0.184. The third kappa shape index (κ3) is 4.13. The van der Waals surface area contributed by atoms with Crippen LogP contribution in [0.25, 0.3) is 0 Å². The Kier molecular flexibility index (Phi) is 5.83. The van der Waals surface area contributed by atoms with E-state index in [2.05, 4.69) is 5.32 Å². The van der Waals surface area contributed by atoms with E-state index in [0.29, 0.717) is 16.5 Å². The number of nitrogens with zero attached hydrogens (tertiary/aromatic N) is 1. The number of halogens is 1. The van der Waals surface area contributed by atoms with Crippen molar-refractivity contribution in [3.63, 3.8) is 0 Å². The van der Waals surface area contributed by atoms with Crippen LogP contribution < -0.4 is 10.1 Å². The van der Waals surface area contributed by atoms with Crippen molar-refractivity contribution >= 4 is 35.0 Å². The summed E-state index contributed by atoms with van der Waals surface area (Å²) in [7, 11) is 1.52. The molecule has 1 aromatic carbocycles. The standard InChI is InChI=1S/C12H13ClN2O2S/c1-8(18-6-5-14)12(16)15-10-7-9(13)3-4-11(10)17-2/h3-4,7-8H,6H2,1-2H3,(H,15,16). The van der Waals surface area contributed by atoms with Crippen molar-refractivity contribution < 1.29 is 9.53 Å². The fourth-order valence-corrected chi connectivity index (χ4v) is 1.96. The van der Waals surface area contributed by atoms with Crippen LogP contribution in [0.15, 0.2) is 18.2 Å². The van der Waals surface area contributed by atoms with Gasteiger partial charge < -0.3 is 10.1 Å². The summed E-state index contributed by atoms with van der Waals surface area (Å²) in [6.45, 7) is 1.74. The molecule has 96 valence electrons. The van der Waals surface area contributed by atoms with Gasteiger partial charge in [0.05, 0.1) is 29.9 Å². The molecule has 0 saturated heterocycles. The van der Waals surface area contributed by atoms with E-state index in [4.69, 9.17) is 21.6 Å². The largest absolute Gasteiger partial charge is 0.495 e. The average molecular weight is 285 g/mol. The minimum Gasteiger partial charge on any atom is -0.495 e. The van der Waals surface area contributed by atoms with E-state index < -0.39 is 0 Å². The highest BCUT2D eigenvalue weighted by Crippen LogP contribution is 2.28. The quantitative estimate of drug-likeness (QED) is 0.903. The zero-order valence-electron chi connectivity index (χ0n) is 10.1. The predicted molar refractivity (Wildman–Crippen MR) is 74.2 cm³/mol. The van der Waals surface area contributed by atoms with E-state index >= 15 is 0 Å². The van der Waals surface area contributed by atoms with Crippen LogP contribution in [0.5, 0.6) is 5.75 Å². The number of carbonyl (C=O) groups is 1. The maximum atomic E-state index is 11.9. The zero-order valence-corrected chi connectivity index (χ0v) is 11.6. The van der Waals surface area contributed by atoms with Gasteiger partial charge in [0, 0.05) is 5.02 Å². The lowest BCUT2D eigenvalue weighted by molar-refractivity contribution is -0.115. The van der Waals surface area contributed by atoms with Gasteiger partial charge in [-0.05, 0) is 25.1 Å². The number of nitrogens with one attached hydrogen (secondary N) is 1. The number of thioether (sulfide) groups is 1. The fourth-order valence-electron chi connectivity index (χ4n) is 1.25. The number of methoxy groups -OCH3 is 1. The minimum atomic E-state index is -0.312. The molecule has 0 aromatic heterocycles. The number of benzene rings is 1. The molecule has 4 nitrogen and oxygen atoms in total. The Labute approximate surface area is 115 Å². The molecule has 1 amide bonds. The molecule has 18 heavy (non-hydrogen) atoms. The second kappa shape index (κ2) is 7.14. The molecule has 0 aliphatic carbocycles. The van der Waals surface area contributed by atoms with Crippen molar-refractivity contribution in [1.82, 2.24) is 0 Å². The van der Waals surface area contributed by atoms with Gasteiger partial charge in [-0.2, -0.15) is 5.26 Å². The van der Waals surface area contributed by atoms with E-state index in [1.807, 2.05) is 6.07 Å². The fraction of sp³-hybridized carbons (Fsp3) is 0.333. The summed E-state index contributed by atoms with van der Waals surface area (Å²) in [5.74, 6) is 0.641. The van der Waals surface area contributed by atoms with Gasteiger partial charge in [-0.1, -0.05) is 11.6 Å². The normalized spacial score (nSPS) is 11.4. The Morgan fingerprint density at radius 2 is 2.39 bits per heavy atom. The van der Waals surface area contributed by atoms with Gasteiger partial charge in [0.25, 0.3) is 0 Å². The van der Waals surface area contributed by atoms with Gasteiger partial charge in [0.1, 0.15) is 5.75 Å². The summed E-state index contributed by atoms with van der Waals surface area (Å²) in [6, 6.07) is 6.98. The Balaban J connectivity index is 2.75. The number of rotatable bonds is 5. The van der Waals surface area contributed by atoms with Gasteiger partial charge in [0.15, 0.2) is 0 Å². The van der Waals surface area contributed by atoms with E-state index in [0.717, 1.165) is 0 Å². The lowest BCUT2D eigenvalue weighted by Crippen LogP contribution is -2.23. The van der Waals surface area contributed by atoms with Crippen LogP contribution in [0.2, 0.25) is 5.02 Å². The highest BCUT2D eigenvalue weighted by Gasteiger charge is 2.15. The van der Waals surface area contributed by atoms with Crippen molar-refractivity contribution in [3.05, 3.63) is 23.2 Å². The highest BCUT2D eigenvalue weighted by atomic mass is 35.5. The van der Waals surface area contributed by atoms with Crippen LogP contribution in [-0.2, 0) is 4.79 Å². The lowest BCUT2D eigenvalue weighted by atomic mass is 10.3. The summed E-state index contributed by atoms with van der Waals surface area (Å²) in [4.78, 5) is 11.9. The molecule has 0 fully saturated rings. The van der Waals surface area contributed by atoms with Crippen LogP contribution in [0.4, 0.5) is 5.69 Å². The average Bonchev–Trinajstić information content (AvgIpc) is 2.36. The van der Waals surface area contributed by atoms with Gasteiger partial charge in [-0.25, -0.2) is 0 Å². The Hall–Kier alpha value is -1.38. The third-order valence-electron chi connectivity index (χ3n) is 2.19. The molecule has 1 rings (SSSR count). The van der Waals surface area contributed by atoms with E-state index in [-0.39, 0.29) is 16.9 Å². The van der Waals surface area contributed by atoms with Crippen LogP contribution in [-0.4, -0.2) is 24.0 Å². The molecular formula is C12H13ClN2O2S. The molecule has 1 unspecified atom stereocenters. The first-order valence-corrected chi connectivity index (χ1v) is 6.64. The molecule has 0 bridgehead atoms. The van der Waals surface area contributed by atoms with Gasteiger partial charge >= 0.3 is 0 Å². The number of carbonyl (C=O) groups excluding carboxylic acids is 1. The smallest absolute Gasteiger partial charge is 0.237 e. The Morgan fingerprint density at radius 3 is 3.00 bits per heavy atom. The zero-order chi connectivity index (χ0) is 13.5. The number of amides is 1. The first-order valence-electron chi connectivity index (χ1n) is 5.21. The lowest BCUT2D eigenvalue weighted by Gasteiger charge is -2.13. The summed E-state index contributed by atoms with van der Waals surface area (Å²) in [5.41, 5.74) is 0.527. The third-order valence-corrected chi connectivity index (χ3v) is 3.43. The number of hydrogen-bond donors (Lipinski definition) is 1. The molecule has 0 heterocycles. The maximum absolute atomic E-state index is 11.9. The van der Waals surface area contributed by atoms with Gasteiger partial charge in [-0.15, -0.1) is 11.8 Å². The summed E-state index contributed by atoms with van der Waals surface area (Å²) >= 11 is 7.14. The second-order valence-electron chi connectivity index (χ2n) is 3.45. The molecule has 0 aliphatic rings.